The Morgan fingerprint density at radius 1 is 1.29 bits per heavy atom. The maximum atomic E-state index is 13.4. The second-order valence-electron chi connectivity index (χ2n) is 3.68. The molecule has 0 aliphatic rings. The van der Waals surface area contributed by atoms with Crippen molar-refractivity contribution in [3.05, 3.63) is 45.5 Å². The zero-order valence-corrected chi connectivity index (χ0v) is 11.9. The fraction of sp³-hybridized carbons (Fsp3) is 0.231. The lowest BCUT2D eigenvalue weighted by Gasteiger charge is -2.00. The van der Waals surface area contributed by atoms with Crippen LogP contribution in [0.15, 0.2) is 34.8 Å². The summed E-state index contributed by atoms with van der Waals surface area (Å²) in [6, 6.07) is 9.36. The van der Waals surface area contributed by atoms with E-state index in [1.54, 1.807) is 23.5 Å². The zero-order valence-electron chi connectivity index (χ0n) is 9.47. The van der Waals surface area contributed by atoms with Gasteiger partial charge in [0.1, 0.15) is 5.82 Å². The number of thiophene rings is 1. The second-order valence-corrected chi connectivity index (χ2v) is 5.70. The first kappa shape index (κ1) is 12.7. The summed E-state index contributed by atoms with van der Waals surface area (Å²) in [6.45, 7) is 3.92. The molecule has 0 unspecified atom stereocenters. The molecule has 1 aromatic carbocycles. The van der Waals surface area contributed by atoms with E-state index in [-0.39, 0.29) is 5.82 Å². The van der Waals surface area contributed by atoms with E-state index in [2.05, 4.69) is 34.2 Å². The fourth-order valence-corrected chi connectivity index (χ4v) is 2.75. The lowest BCUT2D eigenvalue weighted by Crippen LogP contribution is -2.10. The van der Waals surface area contributed by atoms with Gasteiger partial charge in [0, 0.05) is 16.3 Å². The van der Waals surface area contributed by atoms with Crippen LogP contribution in [-0.4, -0.2) is 6.54 Å². The van der Waals surface area contributed by atoms with Gasteiger partial charge in [-0.15, -0.1) is 11.3 Å². The Kier molecular flexibility index (Phi) is 4.31. The van der Waals surface area contributed by atoms with Gasteiger partial charge in [0.15, 0.2) is 0 Å². The highest BCUT2D eigenvalue weighted by Gasteiger charge is 2.05. The van der Waals surface area contributed by atoms with Crippen LogP contribution in [0.1, 0.15) is 11.8 Å². The number of halogens is 2. The minimum absolute atomic E-state index is 0.218. The van der Waals surface area contributed by atoms with Crippen molar-refractivity contribution in [1.82, 2.24) is 5.32 Å². The van der Waals surface area contributed by atoms with Gasteiger partial charge in [0.05, 0.1) is 4.47 Å². The van der Waals surface area contributed by atoms with Crippen molar-refractivity contribution in [3.8, 4) is 10.4 Å². The molecule has 0 fully saturated rings. The molecule has 17 heavy (non-hydrogen) atoms. The standard InChI is InChI=1S/C13H13BrFNS/c1-2-16-8-10-4-6-13(17-10)9-3-5-11(14)12(15)7-9/h3-7,16H,2,8H2,1H3. The van der Waals surface area contributed by atoms with Gasteiger partial charge >= 0.3 is 0 Å². The number of benzene rings is 1. The summed E-state index contributed by atoms with van der Waals surface area (Å²) in [5.74, 6) is -0.218. The summed E-state index contributed by atoms with van der Waals surface area (Å²) >= 11 is 4.86. The molecular formula is C13H13BrFNS. The van der Waals surface area contributed by atoms with Crippen molar-refractivity contribution < 1.29 is 4.39 Å². The lowest BCUT2D eigenvalue weighted by molar-refractivity contribution is 0.622. The van der Waals surface area contributed by atoms with E-state index in [1.807, 2.05) is 12.1 Å². The summed E-state index contributed by atoms with van der Waals surface area (Å²) in [5.41, 5.74) is 0.929. The SMILES string of the molecule is CCNCc1ccc(-c2ccc(Br)c(F)c2)s1. The van der Waals surface area contributed by atoms with Crippen LogP contribution in [0.2, 0.25) is 0 Å². The third-order valence-electron chi connectivity index (χ3n) is 2.42. The van der Waals surface area contributed by atoms with Gasteiger partial charge in [-0.3, -0.25) is 0 Å². The van der Waals surface area contributed by atoms with Crippen molar-refractivity contribution in [1.29, 1.82) is 0 Å². The molecule has 2 rings (SSSR count). The Balaban J connectivity index is 2.21. The van der Waals surface area contributed by atoms with Gasteiger partial charge in [-0.2, -0.15) is 0 Å². The van der Waals surface area contributed by atoms with Gasteiger partial charge in [0.2, 0.25) is 0 Å². The normalized spacial score (nSPS) is 10.8. The Morgan fingerprint density at radius 3 is 2.82 bits per heavy atom. The summed E-state index contributed by atoms with van der Waals surface area (Å²) in [5, 5.41) is 3.28. The first-order valence-corrected chi connectivity index (χ1v) is 7.06. The van der Waals surface area contributed by atoms with Crippen molar-refractivity contribution >= 4 is 27.3 Å². The Hall–Kier alpha value is -0.710. The van der Waals surface area contributed by atoms with Gasteiger partial charge in [-0.05, 0) is 52.3 Å². The highest BCUT2D eigenvalue weighted by atomic mass is 79.9. The number of hydrogen-bond acceptors (Lipinski definition) is 2. The van der Waals surface area contributed by atoms with Crippen LogP contribution < -0.4 is 5.32 Å². The molecule has 0 bridgehead atoms. The molecule has 0 atom stereocenters. The Bertz CT molecular complexity index is 510. The molecule has 2 aromatic rings. The van der Waals surface area contributed by atoms with Crippen LogP contribution in [0.5, 0.6) is 0 Å². The van der Waals surface area contributed by atoms with Crippen molar-refractivity contribution in [2.75, 3.05) is 6.54 Å². The van der Waals surface area contributed by atoms with Gasteiger partial charge in [0.25, 0.3) is 0 Å². The molecule has 0 aliphatic heterocycles. The molecule has 0 radical (unpaired) electrons. The molecule has 1 N–H and O–H groups in total. The molecule has 0 saturated heterocycles. The first-order valence-electron chi connectivity index (χ1n) is 5.45. The third-order valence-corrected chi connectivity index (χ3v) is 4.19. The van der Waals surface area contributed by atoms with Gasteiger partial charge in [-0.25, -0.2) is 4.39 Å². The topological polar surface area (TPSA) is 12.0 Å². The van der Waals surface area contributed by atoms with E-state index in [0.29, 0.717) is 4.47 Å². The molecule has 1 aromatic heterocycles. The smallest absolute Gasteiger partial charge is 0.138 e. The molecule has 0 spiro atoms. The van der Waals surface area contributed by atoms with Gasteiger partial charge < -0.3 is 5.32 Å². The van der Waals surface area contributed by atoms with Gasteiger partial charge in [-0.1, -0.05) is 13.0 Å². The average Bonchev–Trinajstić information content (AvgIpc) is 2.79. The van der Waals surface area contributed by atoms with E-state index in [4.69, 9.17) is 0 Å². The first-order chi connectivity index (χ1) is 8.20. The molecular weight excluding hydrogens is 301 g/mol. The molecule has 0 aliphatic carbocycles. The summed E-state index contributed by atoms with van der Waals surface area (Å²) in [6.07, 6.45) is 0. The highest BCUT2D eigenvalue weighted by molar-refractivity contribution is 9.10. The summed E-state index contributed by atoms with van der Waals surface area (Å²) in [4.78, 5) is 2.37. The molecule has 1 nitrogen and oxygen atoms in total. The summed E-state index contributed by atoms with van der Waals surface area (Å²) in [7, 11) is 0. The Labute approximate surface area is 113 Å². The van der Waals surface area contributed by atoms with E-state index >= 15 is 0 Å². The maximum absolute atomic E-state index is 13.4. The predicted octanol–water partition coefficient (Wildman–Crippen LogP) is 4.43. The van der Waals surface area contributed by atoms with Crippen LogP contribution in [0.3, 0.4) is 0 Å². The zero-order chi connectivity index (χ0) is 12.3. The summed E-state index contributed by atoms with van der Waals surface area (Å²) < 4.78 is 13.9. The molecule has 0 amide bonds. The van der Waals surface area contributed by atoms with Crippen LogP contribution in [0.4, 0.5) is 4.39 Å². The van der Waals surface area contributed by atoms with E-state index in [9.17, 15) is 4.39 Å². The minimum atomic E-state index is -0.218. The van der Waals surface area contributed by atoms with E-state index in [0.717, 1.165) is 23.5 Å². The largest absolute Gasteiger partial charge is 0.312 e. The van der Waals surface area contributed by atoms with Crippen molar-refractivity contribution in [2.45, 2.75) is 13.5 Å². The predicted molar refractivity (Wildman–Crippen MR) is 74.8 cm³/mol. The minimum Gasteiger partial charge on any atom is -0.312 e. The average molecular weight is 314 g/mol. The highest BCUT2D eigenvalue weighted by Crippen LogP contribution is 2.30. The monoisotopic (exact) mass is 313 g/mol. The van der Waals surface area contributed by atoms with Crippen LogP contribution in [-0.2, 0) is 6.54 Å². The van der Waals surface area contributed by atoms with Crippen LogP contribution in [0, 0.1) is 5.82 Å². The van der Waals surface area contributed by atoms with Crippen molar-refractivity contribution in [2.24, 2.45) is 0 Å². The molecule has 1 heterocycles. The number of hydrogen-bond donors (Lipinski definition) is 1. The van der Waals surface area contributed by atoms with Crippen LogP contribution >= 0.6 is 27.3 Å². The van der Waals surface area contributed by atoms with E-state index < -0.39 is 0 Å². The quantitative estimate of drug-likeness (QED) is 0.880. The van der Waals surface area contributed by atoms with Crippen LogP contribution in [0.25, 0.3) is 10.4 Å². The Morgan fingerprint density at radius 2 is 2.12 bits per heavy atom. The van der Waals surface area contributed by atoms with E-state index in [1.165, 1.54) is 4.88 Å². The maximum Gasteiger partial charge on any atom is 0.138 e. The van der Waals surface area contributed by atoms with Crippen molar-refractivity contribution in [3.63, 3.8) is 0 Å². The molecule has 0 saturated carbocycles. The second kappa shape index (κ2) is 5.76. The molecule has 90 valence electrons. The third kappa shape index (κ3) is 3.15. The number of rotatable bonds is 4. The molecule has 4 heteroatoms. The number of nitrogens with one attached hydrogen (secondary N) is 1. The lowest BCUT2D eigenvalue weighted by atomic mass is 10.2. The fourth-order valence-electron chi connectivity index (χ4n) is 1.53.